The zero-order valence-corrected chi connectivity index (χ0v) is 11.0. The van der Waals surface area contributed by atoms with Crippen LogP contribution in [0.1, 0.15) is 5.56 Å². The molecule has 0 saturated carbocycles. The molecule has 16 heavy (non-hydrogen) atoms. The summed E-state index contributed by atoms with van der Waals surface area (Å²) in [5.41, 5.74) is 2.86. The number of aromatic nitrogens is 2. The third-order valence-corrected chi connectivity index (χ3v) is 3.29. The molecule has 0 spiro atoms. The number of nitrogens with zero attached hydrogens (tertiary/aromatic N) is 2. The number of hydrogen-bond acceptors (Lipinski definition) is 5. The van der Waals surface area contributed by atoms with Gasteiger partial charge >= 0.3 is 0 Å². The lowest BCUT2D eigenvalue weighted by molar-refractivity contribution is 0.412. The molecule has 0 atom stereocenters. The normalized spacial score (nSPS) is 10.1. The maximum Gasteiger partial charge on any atom is 0.205 e. The van der Waals surface area contributed by atoms with Crippen LogP contribution in [0, 0.1) is 0 Å². The molecule has 4 nitrogen and oxygen atoms in total. The van der Waals surface area contributed by atoms with E-state index in [-0.39, 0.29) is 0 Å². The Bertz CT molecular complexity index is 461. The summed E-state index contributed by atoms with van der Waals surface area (Å²) in [5, 5.41) is 11.7. The number of ether oxygens (including phenoxy) is 1. The van der Waals surface area contributed by atoms with Crippen LogP contribution >= 0.6 is 27.3 Å². The third-order valence-electron chi connectivity index (χ3n) is 2.02. The number of hydrogen-bond donors (Lipinski definition) is 1. The summed E-state index contributed by atoms with van der Waals surface area (Å²) in [7, 11) is 1.65. The van der Waals surface area contributed by atoms with Crippen molar-refractivity contribution in [3.63, 3.8) is 0 Å². The Morgan fingerprint density at radius 2 is 2.38 bits per heavy atom. The zero-order valence-electron chi connectivity index (χ0n) is 8.61. The Morgan fingerprint density at radius 3 is 3.00 bits per heavy atom. The topological polar surface area (TPSA) is 47.0 Å². The lowest BCUT2D eigenvalue weighted by atomic mass is 10.2. The van der Waals surface area contributed by atoms with Crippen molar-refractivity contribution in [1.82, 2.24) is 10.2 Å². The number of rotatable bonds is 4. The van der Waals surface area contributed by atoms with Gasteiger partial charge in [0, 0.05) is 6.54 Å². The van der Waals surface area contributed by atoms with Gasteiger partial charge in [0.15, 0.2) is 0 Å². The predicted molar refractivity (Wildman–Crippen MR) is 67.9 cm³/mol. The summed E-state index contributed by atoms with van der Waals surface area (Å²) in [6.45, 7) is 0.720. The molecule has 0 aliphatic carbocycles. The van der Waals surface area contributed by atoms with E-state index in [1.54, 1.807) is 12.6 Å². The molecule has 2 rings (SSSR count). The van der Waals surface area contributed by atoms with Gasteiger partial charge in [0.25, 0.3) is 0 Å². The van der Waals surface area contributed by atoms with E-state index >= 15 is 0 Å². The van der Waals surface area contributed by atoms with Crippen molar-refractivity contribution < 1.29 is 4.74 Å². The average Bonchev–Trinajstić information content (AvgIpc) is 2.79. The summed E-state index contributed by atoms with van der Waals surface area (Å²) in [6, 6.07) is 5.96. The molecule has 0 aliphatic heterocycles. The van der Waals surface area contributed by atoms with Crippen molar-refractivity contribution in [3.05, 3.63) is 33.7 Å². The molecular formula is C10H10BrN3OS. The predicted octanol–water partition coefficient (Wildman–Crippen LogP) is 2.92. The van der Waals surface area contributed by atoms with Crippen molar-refractivity contribution in [1.29, 1.82) is 0 Å². The van der Waals surface area contributed by atoms with Gasteiger partial charge in [-0.1, -0.05) is 17.4 Å². The van der Waals surface area contributed by atoms with Crippen LogP contribution in [0.2, 0.25) is 0 Å². The van der Waals surface area contributed by atoms with E-state index in [9.17, 15) is 0 Å². The highest BCUT2D eigenvalue weighted by Crippen LogP contribution is 2.25. The molecule has 1 aromatic heterocycles. The Kier molecular flexibility index (Phi) is 3.74. The fraction of sp³-hybridized carbons (Fsp3) is 0.200. The van der Waals surface area contributed by atoms with Crippen LogP contribution in [0.4, 0.5) is 5.13 Å². The first-order chi connectivity index (χ1) is 7.79. The molecule has 0 unspecified atom stereocenters. The molecule has 1 heterocycles. The standard InChI is InChI=1S/C10H10BrN3OS/c1-15-9-3-2-7(4-8(9)11)5-12-10-14-13-6-16-10/h2-4,6H,5H2,1H3,(H,12,14). The molecular weight excluding hydrogens is 290 g/mol. The van der Waals surface area contributed by atoms with E-state index in [2.05, 4.69) is 31.4 Å². The van der Waals surface area contributed by atoms with Crippen LogP contribution in [0.15, 0.2) is 28.2 Å². The van der Waals surface area contributed by atoms with E-state index in [1.165, 1.54) is 11.3 Å². The summed E-state index contributed by atoms with van der Waals surface area (Å²) >= 11 is 4.93. The molecule has 0 aliphatic rings. The minimum atomic E-state index is 0.720. The van der Waals surface area contributed by atoms with Crippen molar-refractivity contribution in [2.75, 3.05) is 12.4 Å². The Hall–Kier alpha value is -1.14. The highest BCUT2D eigenvalue weighted by molar-refractivity contribution is 9.10. The van der Waals surface area contributed by atoms with E-state index in [0.29, 0.717) is 0 Å². The van der Waals surface area contributed by atoms with Crippen molar-refractivity contribution in [2.24, 2.45) is 0 Å². The van der Waals surface area contributed by atoms with Gasteiger partial charge in [-0.2, -0.15) is 0 Å². The molecule has 0 amide bonds. The lowest BCUT2D eigenvalue weighted by Crippen LogP contribution is -1.99. The van der Waals surface area contributed by atoms with Crippen molar-refractivity contribution in [3.8, 4) is 5.75 Å². The number of halogens is 1. The molecule has 1 aromatic carbocycles. The van der Waals surface area contributed by atoms with Crippen LogP contribution < -0.4 is 10.1 Å². The summed E-state index contributed by atoms with van der Waals surface area (Å²) < 4.78 is 6.11. The minimum absolute atomic E-state index is 0.720. The fourth-order valence-electron chi connectivity index (χ4n) is 1.25. The number of methoxy groups -OCH3 is 1. The lowest BCUT2D eigenvalue weighted by Gasteiger charge is -2.06. The summed E-state index contributed by atoms with van der Waals surface area (Å²) in [5.74, 6) is 0.833. The van der Waals surface area contributed by atoms with Gasteiger partial charge < -0.3 is 10.1 Å². The van der Waals surface area contributed by atoms with Gasteiger partial charge in [0.2, 0.25) is 5.13 Å². The van der Waals surface area contributed by atoms with Crippen molar-refractivity contribution in [2.45, 2.75) is 6.54 Å². The first-order valence-electron chi connectivity index (χ1n) is 4.62. The van der Waals surface area contributed by atoms with Crippen LogP contribution in [0.3, 0.4) is 0 Å². The molecule has 0 radical (unpaired) electrons. The minimum Gasteiger partial charge on any atom is -0.496 e. The third kappa shape index (κ3) is 2.70. The quantitative estimate of drug-likeness (QED) is 0.943. The first-order valence-corrected chi connectivity index (χ1v) is 6.29. The molecule has 0 bridgehead atoms. The van der Waals surface area contributed by atoms with Gasteiger partial charge in [-0.15, -0.1) is 10.2 Å². The first kappa shape index (κ1) is 11.3. The van der Waals surface area contributed by atoms with E-state index < -0.39 is 0 Å². The van der Waals surface area contributed by atoms with Crippen LogP contribution in [0.25, 0.3) is 0 Å². The smallest absolute Gasteiger partial charge is 0.205 e. The van der Waals surface area contributed by atoms with Crippen molar-refractivity contribution >= 4 is 32.4 Å². The molecule has 0 fully saturated rings. The van der Waals surface area contributed by atoms with Gasteiger partial charge in [-0.25, -0.2) is 0 Å². The second-order valence-electron chi connectivity index (χ2n) is 3.07. The monoisotopic (exact) mass is 299 g/mol. The van der Waals surface area contributed by atoms with Gasteiger partial charge in [-0.3, -0.25) is 0 Å². The highest BCUT2D eigenvalue weighted by Gasteiger charge is 2.02. The van der Waals surface area contributed by atoms with E-state index in [1.807, 2.05) is 18.2 Å². The Morgan fingerprint density at radius 1 is 1.50 bits per heavy atom. The highest BCUT2D eigenvalue weighted by atomic mass is 79.9. The molecule has 0 saturated heterocycles. The number of nitrogens with one attached hydrogen (secondary N) is 1. The maximum absolute atomic E-state index is 5.16. The average molecular weight is 300 g/mol. The largest absolute Gasteiger partial charge is 0.496 e. The SMILES string of the molecule is COc1ccc(CNc2nncs2)cc1Br. The summed E-state index contributed by atoms with van der Waals surface area (Å²) in [6.07, 6.45) is 0. The van der Waals surface area contributed by atoms with Crippen LogP contribution in [-0.2, 0) is 6.54 Å². The number of anilines is 1. The Labute approximate surface area is 106 Å². The van der Waals surface area contributed by atoms with Gasteiger partial charge in [-0.05, 0) is 33.6 Å². The van der Waals surface area contributed by atoms with Gasteiger partial charge in [0.1, 0.15) is 11.3 Å². The second kappa shape index (κ2) is 5.27. The fourth-order valence-corrected chi connectivity index (χ4v) is 2.28. The van der Waals surface area contributed by atoms with Crippen LogP contribution in [0.5, 0.6) is 5.75 Å². The molecule has 2 aromatic rings. The molecule has 6 heteroatoms. The van der Waals surface area contributed by atoms with Gasteiger partial charge in [0.05, 0.1) is 11.6 Å². The van der Waals surface area contributed by atoms with E-state index in [4.69, 9.17) is 4.74 Å². The van der Waals surface area contributed by atoms with Crippen LogP contribution in [-0.4, -0.2) is 17.3 Å². The molecule has 84 valence electrons. The maximum atomic E-state index is 5.16. The molecule has 1 N–H and O–H groups in total. The Balaban J connectivity index is 2.02. The number of benzene rings is 1. The second-order valence-corrected chi connectivity index (χ2v) is 4.75. The zero-order chi connectivity index (χ0) is 11.4. The van der Waals surface area contributed by atoms with E-state index in [0.717, 1.165) is 27.5 Å². The summed E-state index contributed by atoms with van der Waals surface area (Å²) in [4.78, 5) is 0.